The van der Waals surface area contributed by atoms with Crippen LogP contribution in [0.1, 0.15) is 0 Å². The van der Waals surface area contributed by atoms with E-state index in [0.717, 1.165) is 0 Å². The maximum absolute atomic E-state index is 10.0. The third-order valence-corrected chi connectivity index (χ3v) is 3.64. The van der Waals surface area contributed by atoms with Crippen LogP contribution < -0.4 is 0 Å². The van der Waals surface area contributed by atoms with Crippen LogP contribution in [-0.4, -0.2) is 15.2 Å². The lowest BCUT2D eigenvalue weighted by molar-refractivity contribution is 0.476. The summed E-state index contributed by atoms with van der Waals surface area (Å²) >= 11 is 12.0. The molecule has 3 rings (SSSR count). The molecule has 100 valence electrons. The molecule has 0 amide bonds. The van der Waals surface area contributed by atoms with Crippen LogP contribution >= 0.6 is 23.2 Å². The Labute approximate surface area is 125 Å². The van der Waals surface area contributed by atoms with Crippen molar-refractivity contribution in [3.63, 3.8) is 0 Å². The van der Waals surface area contributed by atoms with E-state index in [1.807, 2.05) is 0 Å². The van der Waals surface area contributed by atoms with Crippen LogP contribution in [-0.2, 0) is 0 Å². The molecule has 0 bridgehead atoms. The van der Waals surface area contributed by atoms with Gasteiger partial charge >= 0.3 is 0 Å². The third-order valence-electron chi connectivity index (χ3n) is 3.04. The summed E-state index contributed by atoms with van der Waals surface area (Å²) in [6, 6.07) is 11.8. The summed E-state index contributed by atoms with van der Waals surface area (Å²) in [5.74, 6) is -0.00435. The van der Waals surface area contributed by atoms with Crippen LogP contribution in [0.5, 0.6) is 11.5 Å². The predicted molar refractivity (Wildman–Crippen MR) is 80.5 cm³/mol. The number of halogens is 2. The fraction of sp³-hybridized carbons (Fsp3) is 0. The number of para-hydroxylation sites is 1. The van der Waals surface area contributed by atoms with E-state index in [-0.39, 0.29) is 16.5 Å². The van der Waals surface area contributed by atoms with E-state index < -0.39 is 0 Å². The lowest BCUT2D eigenvalue weighted by Gasteiger charge is -2.08. The summed E-state index contributed by atoms with van der Waals surface area (Å²) in [7, 11) is 0. The Kier molecular flexibility index (Phi) is 3.16. The zero-order valence-electron chi connectivity index (χ0n) is 10.1. The normalized spacial score (nSPS) is 10.9. The van der Waals surface area contributed by atoms with Crippen molar-refractivity contribution in [1.82, 2.24) is 4.98 Å². The van der Waals surface area contributed by atoms with Crippen molar-refractivity contribution in [1.29, 1.82) is 0 Å². The van der Waals surface area contributed by atoms with Gasteiger partial charge in [0.2, 0.25) is 0 Å². The van der Waals surface area contributed by atoms with Crippen molar-refractivity contribution >= 4 is 34.1 Å². The Morgan fingerprint density at radius 1 is 0.900 bits per heavy atom. The van der Waals surface area contributed by atoms with Gasteiger partial charge in [-0.2, -0.15) is 0 Å². The zero-order chi connectivity index (χ0) is 14.3. The second-order valence-corrected chi connectivity index (χ2v) is 5.11. The van der Waals surface area contributed by atoms with Crippen molar-refractivity contribution in [2.24, 2.45) is 0 Å². The third kappa shape index (κ3) is 2.05. The van der Waals surface area contributed by atoms with Gasteiger partial charge < -0.3 is 10.2 Å². The molecule has 2 aromatic carbocycles. The molecule has 0 aliphatic heterocycles. The zero-order valence-corrected chi connectivity index (χ0v) is 11.7. The Balaban J connectivity index is 2.31. The summed E-state index contributed by atoms with van der Waals surface area (Å²) in [5, 5.41) is 21.0. The van der Waals surface area contributed by atoms with E-state index in [9.17, 15) is 10.2 Å². The van der Waals surface area contributed by atoms with Gasteiger partial charge in [0, 0.05) is 10.9 Å². The average Bonchev–Trinajstić information content (AvgIpc) is 2.45. The molecule has 0 aliphatic rings. The van der Waals surface area contributed by atoms with Crippen molar-refractivity contribution in [2.75, 3.05) is 0 Å². The highest BCUT2D eigenvalue weighted by molar-refractivity contribution is 6.39. The Morgan fingerprint density at radius 2 is 1.65 bits per heavy atom. The minimum Gasteiger partial charge on any atom is -0.507 e. The molecule has 0 unspecified atom stereocenters. The smallest absolute Gasteiger partial charge is 0.160 e. The number of nitrogens with zero attached hydrogens (tertiary/aromatic N) is 1. The number of rotatable bonds is 1. The molecule has 5 heteroatoms. The molecular formula is C15H9Cl2NO2. The van der Waals surface area contributed by atoms with E-state index in [2.05, 4.69) is 4.98 Å². The molecule has 0 saturated heterocycles. The molecule has 3 aromatic rings. The van der Waals surface area contributed by atoms with Crippen molar-refractivity contribution in [3.8, 4) is 22.8 Å². The molecule has 0 saturated carbocycles. The summed E-state index contributed by atoms with van der Waals surface area (Å²) in [6.07, 6.45) is 0. The first-order valence-electron chi connectivity index (χ1n) is 5.84. The number of benzene rings is 2. The Bertz CT molecular complexity index is 818. The second kappa shape index (κ2) is 4.85. The van der Waals surface area contributed by atoms with Gasteiger partial charge in [0.1, 0.15) is 11.3 Å². The molecule has 20 heavy (non-hydrogen) atoms. The maximum Gasteiger partial charge on any atom is 0.160 e. The van der Waals surface area contributed by atoms with Crippen molar-refractivity contribution in [3.05, 3.63) is 52.5 Å². The fourth-order valence-corrected chi connectivity index (χ4v) is 2.56. The quantitative estimate of drug-likeness (QED) is 0.689. The summed E-state index contributed by atoms with van der Waals surface area (Å²) in [6.45, 7) is 0. The molecular weight excluding hydrogens is 297 g/mol. The van der Waals surface area contributed by atoms with Gasteiger partial charge in [-0.15, -0.1) is 0 Å². The molecule has 1 aromatic heterocycles. The number of pyridine rings is 1. The van der Waals surface area contributed by atoms with Crippen LogP contribution in [0.25, 0.3) is 22.2 Å². The standard InChI is InChI=1S/C15H9Cl2NO2/c16-10-7-11(17)15(20)14-8(10)5-6-12(18-14)9-3-1-2-4-13(9)19/h1-7,19-20H. The van der Waals surface area contributed by atoms with Crippen LogP contribution in [0.15, 0.2) is 42.5 Å². The minimum absolute atomic E-state index is 0.118. The lowest BCUT2D eigenvalue weighted by atomic mass is 10.1. The topological polar surface area (TPSA) is 53.4 Å². The highest BCUT2D eigenvalue weighted by Crippen LogP contribution is 2.38. The second-order valence-electron chi connectivity index (χ2n) is 4.30. The van der Waals surface area contributed by atoms with Gasteiger partial charge in [0.05, 0.1) is 15.7 Å². The van der Waals surface area contributed by atoms with Gasteiger partial charge in [-0.05, 0) is 30.3 Å². The largest absolute Gasteiger partial charge is 0.507 e. The van der Waals surface area contributed by atoms with E-state index in [1.165, 1.54) is 6.07 Å². The predicted octanol–water partition coefficient (Wildman–Crippen LogP) is 4.62. The van der Waals surface area contributed by atoms with Gasteiger partial charge in [-0.25, -0.2) is 4.98 Å². The average molecular weight is 306 g/mol. The first-order valence-corrected chi connectivity index (χ1v) is 6.59. The molecule has 3 nitrogen and oxygen atoms in total. The van der Waals surface area contributed by atoms with Crippen LogP contribution in [0, 0.1) is 0 Å². The van der Waals surface area contributed by atoms with E-state index >= 15 is 0 Å². The molecule has 0 aliphatic carbocycles. The SMILES string of the molecule is Oc1ccccc1-c1ccc2c(Cl)cc(Cl)c(O)c2n1. The minimum atomic E-state index is -0.122. The van der Waals surface area contributed by atoms with E-state index in [4.69, 9.17) is 23.2 Å². The van der Waals surface area contributed by atoms with E-state index in [0.29, 0.717) is 27.2 Å². The number of phenolic OH excluding ortho intramolecular Hbond substituents is 2. The molecule has 0 radical (unpaired) electrons. The number of hydrogen-bond acceptors (Lipinski definition) is 3. The number of fused-ring (bicyclic) bond motifs is 1. The summed E-state index contributed by atoms with van der Waals surface area (Å²) < 4.78 is 0. The van der Waals surface area contributed by atoms with Crippen LogP contribution in [0.2, 0.25) is 10.0 Å². The lowest BCUT2D eigenvalue weighted by Crippen LogP contribution is -1.88. The maximum atomic E-state index is 10.0. The Hall–Kier alpha value is -1.97. The molecule has 0 fully saturated rings. The van der Waals surface area contributed by atoms with Gasteiger partial charge in [-0.3, -0.25) is 0 Å². The van der Waals surface area contributed by atoms with Crippen LogP contribution in [0.4, 0.5) is 0 Å². The van der Waals surface area contributed by atoms with Gasteiger partial charge in [0.25, 0.3) is 0 Å². The van der Waals surface area contributed by atoms with Crippen LogP contribution in [0.3, 0.4) is 0 Å². The first-order chi connectivity index (χ1) is 9.58. The molecule has 1 heterocycles. The van der Waals surface area contributed by atoms with Crippen molar-refractivity contribution in [2.45, 2.75) is 0 Å². The number of aromatic hydroxyl groups is 2. The Morgan fingerprint density at radius 3 is 2.40 bits per heavy atom. The molecule has 2 N–H and O–H groups in total. The van der Waals surface area contributed by atoms with E-state index in [1.54, 1.807) is 36.4 Å². The van der Waals surface area contributed by atoms with Gasteiger partial charge in [-0.1, -0.05) is 35.3 Å². The summed E-state index contributed by atoms with van der Waals surface area (Å²) in [5.41, 5.74) is 1.41. The van der Waals surface area contributed by atoms with Crippen molar-refractivity contribution < 1.29 is 10.2 Å². The highest BCUT2D eigenvalue weighted by atomic mass is 35.5. The highest BCUT2D eigenvalue weighted by Gasteiger charge is 2.13. The first kappa shape index (κ1) is 13.0. The van der Waals surface area contributed by atoms with Gasteiger partial charge in [0.15, 0.2) is 5.75 Å². The molecule has 0 atom stereocenters. The number of hydrogen-bond donors (Lipinski definition) is 2. The fourth-order valence-electron chi connectivity index (χ4n) is 2.04. The summed E-state index contributed by atoms with van der Waals surface area (Å²) in [4.78, 5) is 4.35. The number of phenols is 2. The number of aromatic nitrogens is 1. The molecule has 0 spiro atoms. The monoisotopic (exact) mass is 305 g/mol.